The van der Waals surface area contributed by atoms with Crippen LogP contribution in [-0.4, -0.2) is 7.11 Å². The van der Waals surface area contributed by atoms with Crippen LogP contribution in [0, 0.1) is 13.8 Å². The predicted molar refractivity (Wildman–Crippen MR) is 123 cm³/mol. The van der Waals surface area contributed by atoms with Crippen molar-refractivity contribution in [2.24, 2.45) is 0 Å². The summed E-state index contributed by atoms with van der Waals surface area (Å²) in [5, 5.41) is 0.787. The van der Waals surface area contributed by atoms with Gasteiger partial charge in [-0.05, 0) is 42.7 Å². The maximum atomic E-state index is 13.0. The molecule has 0 unspecified atom stereocenters. The number of hydrogen-bond donors (Lipinski definition) is 0. The summed E-state index contributed by atoms with van der Waals surface area (Å²) in [6, 6.07) is 22.1. The fourth-order valence-electron chi connectivity index (χ4n) is 3.81. The van der Waals surface area contributed by atoms with Crippen LogP contribution < -0.4 is 10.4 Å². The van der Waals surface area contributed by atoms with Gasteiger partial charge in [-0.15, -0.1) is 0 Å². The Hall–Kier alpha value is -3.37. The monoisotopic (exact) mass is 414 g/mol. The van der Waals surface area contributed by atoms with E-state index in [4.69, 9.17) is 13.9 Å². The van der Waals surface area contributed by atoms with Crippen molar-refractivity contribution in [3.05, 3.63) is 111 Å². The molecule has 4 nitrogen and oxygen atoms in total. The Bertz CT molecular complexity index is 1270. The molecule has 1 heterocycles. The number of rotatable bonds is 7. The van der Waals surface area contributed by atoms with E-state index in [9.17, 15) is 4.79 Å². The van der Waals surface area contributed by atoms with Crippen molar-refractivity contribution in [3.8, 4) is 5.75 Å². The van der Waals surface area contributed by atoms with E-state index in [1.165, 1.54) is 5.56 Å². The van der Waals surface area contributed by atoms with Gasteiger partial charge in [0.05, 0.1) is 17.6 Å². The van der Waals surface area contributed by atoms with Crippen LogP contribution in [0.3, 0.4) is 0 Å². The van der Waals surface area contributed by atoms with Crippen molar-refractivity contribution in [1.29, 1.82) is 0 Å². The minimum atomic E-state index is -0.372. The van der Waals surface area contributed by atoms with Gasteiger partial charge in [0.15, 0.2) is 0 Å². The molecule has 0 saturated heterocycles. The van der Waals surface area contributed by atoms with Crippen LogP contribution in [0.2, 0.25) is 0 Å². The van der Waals surface area contributed by atoms with Gasteiger partial charge in [0, 0.05) is 13.5 Å². The first-order chi connectivity index (χ1) is 15.0. The van der Waals surface area contributed by atoms with Crippen molar-refractivity contribution in [2.75, 3.05) is 7.11 Å². The van der Waals surface area contributed by atoms with E-state index in [-0.39, 0.29) is 5.63 Å². The summed E-state index contributed by atoms with van der Waals surface area (Å²) >= 11 is 0. The lowest BCUT2D eigenvalue weighted by Crippen LogP contribution is -2.12. The molecule has 4 rings (SSSR count). The summed E-state index contributed by atoms with van der Waals surface area (Å²) in [6.07, 6.45) is 0.447. The highest BCUT2D eigenvalue weighted by Gasteiger charge is 2.17. The summed E-state index contributed by atoms with van der Waals surface area (Å²) in [6.45, 7) is 4.92. The van der Waals surface area contributed by atoms with Gasteiger partial charge in [-0.2, -0.15) is 0 Å². The Labute approximate surface area is 182 Å². The highest BCUT2D eigenvalue weighted by molar-refractivity contribution is 5.85. The lowest BCUT2D eigenvalue weighted by Gasteiger charge is -2.14. The molecule has 0 N–H and O–H groups in total. The second kappa shape index (κ2) is 9.19. The summed E-state index contributed by atoms with van der Waals surface area (Å²) < 4.78 is 17.2. The fraction of sp³-hybridized carbons (Fsp3) is 0.222. The first kappa shape index (κ1) is 20.9. The highest BCUT2D eigenvalue weighted by atomic mass is 16.5. The zero-order chi connectivity index (χ0) is 21.8. The topological polar surface area (TPSA) is 48.7 Å². The Balaban J connectivity index is 1.79. The third-order valence-corrected chi connectivity index (χ3v) is 5.25. The summed E-state index contributed by atoms with van der Waals surface area (Å²) in [5.74, 6) is 0.582. The van der Waals surface area contributed by atoms with E-state index in [0.29, 0.717) is 36.5 Å². The third-order valence-electron chi connectivity index (χ3n) is 5.25. The largest absolute Gasteiger partial charge is 0.488 e. The van der Waals surface area contributed by atoms with Gasteiger partial charge in [0.25, 0.3) is 0 Å². The van der Waals surface area contributed by atoms with Gasteiger partial charge in [0.1, 0.15) is 17.9 Å². The summed E-state index contributed by atoms with van der Waals surface area (Å²) in [5.41, 5.74) is 6.02. The molecule has 4 aromatic rings. The van der Waals surface area contributed by atoms with Gasteiger partial charge < -0.3 is 13.9 Å². The average Bonchev–Trinajstić information content (AvgIpc) is 2.74. The van der Waals surface area contributed by atoms with E-state index in [2.05, 4.69) is 25.1 Å². The van der Waals surface area contributed by atoms with Gasteiger partial charge in [-0.25, -0.2) is 4.79 Å². The lowest BCUT2D eigenvalue weighted by atomic mass is 10.0. The molecular weight excluding hydrogens is 388 g/mol. The molecule has 0 aliphatic heterocycles. The van der Waals surface area contributed by atoms with Crippen LogP contribution in [0.1, 0.15) is 33.4 Å². The Kier molecular flexibility index (Phi) is 6.19. The van der Waals surface area contributed by atoms with E-state index in [1.54, 1.807) is 7.11 Å². The molecule has 0 saturated carbocycles. The maximum absolute atomic E-state index is 13.0. The molecule has 1 aromatic heterocycles. The number of methoxy groups -OCH3 is 1. The standard InChI is InChI=1S/C27H26O4/c1-18-6-4-8-20(12-18)14-24-26(30-17-21-9-5-7-19(2)13-21)23-11-10-22(16-29-3)15-25(23)31-27(24)28/h4-13,15H,14,16-17H2,1-3H3. The second-order valence-electron chi connectivity index (χ2n) is 7.90. The summed E-state index contributed by atoms with van der Waals surface area (Å²) in [4.78, 5) is 13.0. The Morgan fingerprint density at radius 2 is 1.48 bits per heavy atom. The normalized spacial score (nSPS) is 11.1. The van der Waals surface area contributed by atoms with Crippen LogP contribution in [-0.2, 0) is 24.4 Å². The minimum Gasteiger partial charge on any atom is -0.488 e. The van der Waals surface area contributed by atoms with E-state index in [0.717, 1.165) is 27.6 Å². The van der Waals surface area contributed by atoms with Crippen molar-refractivity contribution >= 4 is 11.0 Å². The van der Waals surface area contributed by atoms with Crippen LogP contribution in [0.4, 0.5) is 0 Å². The minimum absolute atomic E-state index is 0.372. The van der Waals surface area contributed by atoms with E-state index < -0.39 is 0 Å². The molecule has 0 bridgehead atoms. The van der Waals surface area contributed by atoms with Gasteiger partial charge in [-0.1, -0.05) is 65.7 Å². The van der Waals surface area contributed by atoms with Crippen LogP contribution in [0.15, 0.2) is 75.9 Å². The third kappa shape index (κ3) is 4.86. The molecule has 3 aromatic carbocycles. The fourth-order valence-corrected chi connectivity index (χ4v) is 3.81. The van der Waals surface area contributed by atoms with Crippen molar-refractivity contribution in [3.63, 3.8) is 0 Å². The molecule has 0 fully saturated rings. The average molecular weight is 415 g/mol. The van der Waals surface area contributed by atoms with Gasteiger partial charge in [0.2, 0.25) is 0 Å². The highest BCUT2D eigenvalue weighted by Crippen LogP contribution is 2.31. The van der Waals surface area contributed by atoms with Crippen molar-refractivity contribution < 1.29 is 13.9 Å². The quantitative estimate of drug-likeness (QED) is 0.363. The number of hydrogen-bond acceptors (Lipinski definition) is 4. The van der Waals surface area contributed by atoms with Crippen molar-refractivity contribution in [1.82, 2.24) is 0 Å². The second-order valence-corrected chi connectivity index (χ2v) is 7.90. The first-order valence-electron chi connectivity index (χ1n) is 10.3. The van der Waals surface area contributed by atoms with Crippen molar-refractivity contribution in [2.45, 2.75) is 33.5 Å². The maximum Gasteiger partial charge on any atom is 0.343 e. The molecule has 0 spiro atoms. The molecule has 0 radical (unpaired) electrons. The number of ether oxygens (including phenoxy) is 2. The SMILES string of the molecule is COCc1ccc2c(OCc3cccc(C)c3)c(Cc3cccc(C)c3)c(=O)oc2c1. The number of fused-ring (bicyclic) bond motifs is 1. The smallest absolute Gasteiger partial charge is 0.343 e. The molecule has 31 heavy (non-hydrogen) atoms. The number of benzene rings is 3. The Morgan fingerprint density at radius 3 is 2.19 bits per heavy atom. The van der Waals surface area contributed by atoms with Crippen LogP contribution in [0.5, 0.6) is 5.75 Å². The first-order valence-corrected chi connectivity index (χ1v) is 10.3. The van der Waals surface area contributed by atoms with Crippen LogP contribution >= 0.6 is 0 Å². The number of aryl methyl sites for hydroxylation is 2. The Morgan fingerprint density at radius 1 is 0.806 bits per heavy atom. The molecular formula is C27H26O4. The van der Waals surface area contributed by atoms with Gasteiger partial charge >= 0.3 is 5.63 Å². The zero-order valence-electron chi connectivity index (χ0n) is 18.1. The lowest BCUT2D eigenvalue weighted by molar-refractivity contribution is 0.185. The van der Waals surface area contributed by atoms with E-state index in [1.807, 2.05) is 55.5 Å². The zero-order valence-corrected chi connectivity index (χ0v) is 18.1. The molecule has 0 aliphatic carbocycles. The van der Waals surface area contributed by atoms with Gasteiger partial charge in [-0.3, -0.25) is 0 Å². The van der Waals surface area contributed by atoms with E-state index >= 15 is 0 Å². The molecule has 0 atom stereocenters. The van der Waals surface area contributed by atoms with Crippen LogP contribution in [0.25, 0.3) is 11.0 Å². The molecule has 0 amide bonds. The predicted octanol–water partition coefficient (Wildman–Crippen LogP) is 5.73. The molecule has 4 heteroatoms. The molecule has 158 valence electrons. The molecule has 0 aliphatic rings. The summed E-state index contributed by atoms with van der Waals surface area (Å²) in [7, 11) is 1.64.